The molecule has 1 aromatic carbocycles. The molecule has 3 aromatic rings. The Morgan fingerprint density at radius 1 is 1.18 bits per heavy atom. The number of nitrogens with zero attached hydrogens (tertiary/aromatic N) is 2. The van der Waals surface area contributed by atoms with Crippen molar-refractivity contribution < 1.29 is 9.53 Å². The minimum atomic E-state index is -0.320. The number of hydrogen-bond donors (Lipinski definition) is 0. The lowest BCUT2D eigenvalue weighted by Gasteiger charge is -2.03. The fourth-order valence-corrected chi connectivity index (χ4v) is 3.17. The lowest BCUT2D eigenvalue weighted by Crippen LogP contribution is -2.05. The van der Waals surface area contributed by atoms with Crippen LogP contribution in [0, 0.1) is 0 Å². The molecule has 0 unspecified atom stereocenters. The van der Waals surface area contributed by atoms with Gasteiger partial charge in [0.25, 0.3) is 0 Å². The van der Waals surface area contributed by atoms with Crippen LogP contribution < -0.4 is 0 Å². The van der Waals surface area contributed by atoms with Gasteiger partial charge >= 0.3 is 5.97 Å². The summed E-state index contributed by atoms with van der Waals surface area (Å²) in [5, 5.41) is 5.21. The SMILES string of the molecule is CCOC(=O)c1c(SCc2ccccc2)nn2ccccc12. The zero-order valence-corrected chi connectivity index (χ0v) is 13.0. The summed E-state index contributed by atoms with van der Waals surface area (Å²) in [6.07, 6.45) is 1.84. The van der Waals surface area contributed by atoms with Crippen LogP contribution in [-0.4, -0.2) is 22.2 Å². The summed E-state index contributed by atoms with van der Waals surface area (Å²) in [5.74, 6) is 0.441. The van der Waals surface area contributed by atoms with E-state index in [2.05, 4.69) is 17.2 Å². The van der Waals surface area contributed by atoms with E-state index in [0.717, 1.165) is 11.3 Å². The van der Waals surface area contributed by atoms with Gasteiger partial charge in [0.15, 0.2) is 0 Å². The van der Waals surface area contributed by atoms with E-state index in [9.17, 15) is 4.79 Å². The molecule has 0 atom stereocenters. The molecule has 0 amide bonds. The zero-order valence-electron chi connectivity index (χ0n) is 12.2. The van der Waals surface area contributed by atoms with Gasteiger partial charge in [-0.25, -0.2) is 9.31 Å². The van der Waals surface area contributed by atoms with E-state index in [1.165, 1.54) is 5.56 Å². The molecule has 0 spiro atoms. The maximum atomic E-state index is 12.3. The third-order valence-electron chi connectivity index (χ3n) is 3.21. The Bertz CT molecular complexity index is 784. The summed E-state index contributed by atoms with van der Waals surface area (Å²) in [7, 11) is 0. The minimum absolute atomic E-state index is 0.320. The highest BCUT2D eigenvalue weighted by Crippen LogP contribution is 2.28. The van der Waals surface area contributed by atoms with Crippen LogP contribution in [0.5, 0.6) is 0 Å². The smallest absolute Gasteiger partial charge is 0.343 e. The van der Waals surface area contributed by atoms with Crippen molar-refractivity contribution >= 4 is 23.2 Å². The van der Waals surface area contributed by atoms with Crippen LogP contribution in [0.3, 0.4) is 0 Å². The lowest BCUT2D eigenvalue weighted by atomic mass is 10.2. The van der Waals surface area contributed by atoms with E-state index >= 15 is 0 Å². The van der Waals surface area contributed by atoms with Gasteiger partial charge in [0.05, 0.1) is 12.1 Å². The molecule has 5 heteroatoms. The third kappa shape index (κ3) is 2.99. The molecular formula is C17H16N2O2S. The van der Waals surface area contributed by atoms with E-state index in [1.807, 2.05) is 42.6 Å². The van der Waals surface area contributed by atoms with Crippen molar-refractivity contribution in [2.75, 3.05) is 6.61 Å². The number of ether oxygens (including phenoxy) is 1. The van der Waals surface area contributed by atoms with Crippen molar-refractivity contribution in [3.8, 4) is 0 Å². The van der Waals surface area contributed by atoms with Gasteiger partial charge in [-0.3, -0.25) is 0 Å². The second-order valence-electron chi connectivity index (χ2n) is 4.71. The number of hydrogen-bond acceptors (Lipinski definition) is 4. The maximum Gasteiger partial charge on any atom is 0.343 e. The van der Waals surface area contributed by atoms with Gasteiger partial charge in [-0.2, -0.15) is 5.10 Å². The molecule has 0 bridgehead atoms. The Morgan fingerprint density at radius 2 is 1.95 bits per heavy atom. The number of esters is 1. The number of carbonyl (C=O) groups excluding carboxylic acids is 1. The van der Waals surface area contributed by atoms with E-state index in [0.29, 0.717) is 17.2 Å². The molecule has 22 heavy (non-hydrogen) atoms. The van der Waals surface area contributed by atoms with Gasteiger partial charge in [-0.15, -0.1) is 0 Å². The Hall–Kier alpha value is -2.27. The average Bonchev–Trinajstić information content (AvgIpc) is 2.92. The Morgan fingerprint density at radius 3 is 2.73 bits per heavy atom. The van der Waals surface area contributed by atoms with Crippen LogP contribution >= 0.6 is 11.8 Å². The maximum absolute atomic E-state index is 12.3. The Balaban J connectivity index is 1.94. The van der Waals surface area contributed by atoms with Crippen molar-refractivity contribution in [1.29, 1.82) is 0 Å². The highest BCUT2D eigenvalue weighted by Gasteiger charge is 2.21. The molecule has 0 fully saturated rings. The van der Waals surface area contributed by atoms with Crippen molar-refractivity contribution in [3.05, 3.63) is 65.9 Å². The summed E-state index contributed by atoms with van der Waals surface area (Å²) in [5.41, 5.74) is 2.51. The number of fused-ring (bicyclic) bond motifs is 1. The molecular weight excluding hydrogens is 296 g/mol. The fraction of sp³-hybridized carbons (Fsp3) is 0.176. The molecule has 0 aliphatic rings. The second-order valence-corrected chi connectivity index (χ2v) is 5.67. The first kappa shape index (κ1) is 14.7. The number of pyridine rings is 1. The number of carbonyl (C=O) groups is 1. The van der Waals surface area contributed by atoms with Crippen LogP contribution in [-0.2, 0) is 10.5 Å². The van der Waals surface area contributed by atoms with Gasteiger partial charge in [0.1, 0.15) is 10.6 Å². The van der Waals surface area contributed by atoms with Crippen molar-refractivity contribution in [2.45, 2.75) is 17.7 Å². The van der Waals surface area contributed by atoms with E-state index in [1.54, 1.807) is 23.2 Å². The van der Waals surface area contributed by atoms with E-state index in [4.69, 9.17) is 4.74 Å². The van der Waals surface area contributed by atoms with Gasteiger partial charge in [0.2, 0.25) is 0 Å². The molecule has 2 heterocycles. The highest BCUT2D eigenvalue weighted by molar-refractivity contribution is 7.98. The topological polar surface area (TPSA) is 43.6 Å². The van der Waals surface area contributed by atoms with Crippen LogP contribution in [0.2, 0.25) is 0 Å². The second kappa shape index (κ2) is 6.66. The normalized spacial score (nSPS) is 10.8. The summed E-state index contributed by atoms with van der Waals surface area (Å²) >= 11 is 1.55. The number of rotatable bonds is 5. The van der Waals surface area contributed by atoms with Gasteiger partial charge < -0.3 is 4.74 Å². The lowest BCUT2D eigenvalue weighted by molar-refractivity contribution is 0.0524. The molecule has 4 nitrogen and oxygen atoms in total. The van der Waals surface area contributed by atoms with Crippen molar-refractivity contribution in [2.24, 2.45) is 0 Å². The fourth-order valence-electron chi connectivity index (χ4n) is 2.20. The third-order valence-corrected chi connectivity index (χ3v) is 4.24. The molecule has 0 aliphatic carbocycles. The van der Waals surface area contributed by atoms with E-state index in [-0.39, 0.29) is 5.97 Å². The monoisotopic (exact) mass is 312 g/mol. The number of benzene rings is 1. The first-order valence-corrected chi connectivity index (χ1v) is 8.09. The standard InChI is InChI=1S/C17H16N2O2S/c1-2-21-17(20)15-14-10-6-7-11-19(14)18-16(15)22-12-13-8-4-3-5-9-13/h3-11H,2,12H2,1H3. The molecule has 0 saturated heterocycles. The molecule has 3 rings (SSSR count). The summed E-state index contributed by atoms with van der Waals surface area (Å²) in [6.45, 7) is 2.16. The molecule has 0 N–H and O–H groups in total. The minimum Gasteiger partial charge on any atom is -0.462 e. The zero-order chi connectivity index (χ0) is 15.4. The summed E-state index contributed by atoms with van der Waals surface area (Å²) in [6, 6.07) is 15.8. The summed E-state index contributed by atoms with van der Waals surface area (Å²) in [4.78, 5) is 12.3. The van der Waals surface area contributed by atoms with Gasteiger partial charge in [-0.05, 0) is 24.6 Å². The molecule has 0 saturated carbocycles. The first-order valence-electron chi connectivity index (χ1n) is 7.11. The predicted octanol–water partition coefficient (Wildman–Crippen LogP) is 3.80. The number of aromatic nitrogens is 2. The highest BCUT2D eigenvalue weighted by atomic mass is 32.2. The molecule has 0 radical (unpaired) electrons. The van der Waals surface area contributed by atoms with E-state index < -0.39 is 0 Å². The molecule has 0 aliphatic heterocycles. The summed E-state index contributed by atoms with van der Waals surface area (Å²) < 4.78 is 6.90. The Kier molecular flexibility index (Phi) is 4.44. The Labute approximate surface area is 133 Å². The van der Waals surface area contributed by atoms with Crippen LogP contribution in [0.25, 0.3) is 5.52 Å². The van der Waals surface area contributed by atoms with Gasteiger partial charge in [-0.1, -0.05) is 48.2 Å². The molecule has 2 aromatic heterocycles. The van der Waals surface area contributed by atoms with Crippen molar-refractivity contribution in [3.63, 3.8) is 0 Å². The first-order chi connectivity index (χ1) is 10.8. The molecule has 112 valence electrons. The predicted molar refractivity (Wildman–Crippen MR) is 87.2 cm³/mol. The largest absolute Gasteiger partial charge is 0.462 e. The number of thioether (sulfide) groups is 1. The van der Waals surface area contributed by atoms with Crippen molar-refractivity contribution in [1.82, 2.24) is 9.61 Å². The quantitative estimate of drug-likeness (QED) is 0.531. The average molecular weight is 312 g/mol. The van der Waals surface area contributed by atoms with Crippen LogP contribution in [0.1, 0.15) is 22.8 Å². The van der Waals surface area contributed by atoms with Gasteiger partial charge in [0, 0.05) is 11.9 Å². The van der Waals surface area contributed by atoms with Crippen LogP contribution in [0.4, 0.5) is 0 Å². The van der Waals surface area contributed by atoms with Crippen LogP contribution in [0.15, 0.2) is 59.8 Å².